The van der Waals surface area contributed by atoms with E-state index in [9.17, 15) is 19.2 Å². The molecule has 11 nitrogen and oxygen atoms in total. The van der Waals surface area contributed by atoms with Gasteiger partial charge in [0.05, 0.1) is 6.04 Å². The number of anilines is 1. The van der Waals surface area contributed by atoms with Crippen LogP contribution in [0.15, 0.2) is 30.5 Å². The molecule has 3 atom stereocenters. The number of hydrogen-bond donors (Lipinski definition) is 3. The number of rotatable bonds is 8. The largest absolute Gasteiger partial charge is 0.347 e. The second-order valence-electron chi connectivity index (χ2n) is 12.7. The number of aromatic nitrogens is 2. The average Bonchev–Trinajstić information content (AvgIpc) is 3.68. The fourth-order valence-corrected chi connectivity index (χ4v) is 6.81. The zero-order valence-corrected chi connectivity index (χ0v) is 25.3. The summed E-state index contributed by atoms with van der Waals surface area (Å²) >= 11 is 0. The molecule has 3 N–H and O–H groups in total. The Morgan fingerprint density at radius 3 is 2.40 bits per heavy atom. The van der Waals surface area contributed by atoms with E-state index in [0.717, 1.165) is 43.2 Å². The van der Waals surface area contributed by atoms with E-state index >= 15 is 0 Å². The molecule has 5 rings (SSSR count). The lowest BCUT2D eigenvalue weighted by atomic mass is 9.83. The summed E-state index contributed by atoms with van der Waals surface area (Å²) < 4.78 is 1.50. The van der Waals surface area contributed by atoms with Crippen LogP contribution in [0.1, 0.15) is 67.6 Å². The molecule has 0 radical (unpaired) electrons. The van der Waals surface area contributed by atoms with Gasteiger partial charge in [-0.25, -0.2) is 4.79 Å². The Balaban J connectivity index is 1.37. The van der Waals surface area contributed by atoms with E-state index < -0.39 is 11.6 Å². The van der Waals surface area contributed by atoms with E-state index in [0.29, 0.717) is 30.8 Å². The second-order valence-corrected chi connectivity index (χ2v) is 12.7. The van der Waals surface area contributed by atoms with Crippen LogP contribution in [-0.4, -0.2) is 81.6 Å². The van der Waals surface area contributed by atoms with Gasteiger partial charge in [0, 0.05) is 52.4 Å². The summed E-state index contributed by atoms with van der Waals surface area (Å²) in [6.45, 7) is 4.59. The molecule has 1 saturated carbocycles. The number of aryl methyl sites for hydroxylation is 1. The number of benzene rings is 1. The Bertz CT molecular complexity index is 1360. The number of fused-ring (bicyclic) bond motifs is 1. The van der Waals surface area contributed by atoms with Gasteiger partial charge in [-0.1, -0.05) is 39.2 Å². The Kier molecular flexibility index (Phi) is 8.30. The molecule has 0 bridgehead atoms. The number of carbonyl (C=O) groups excluding carboxylic acids is 4. The molecule has 2 fully saturated rings. The van der Waals surface area contributed by atoms with Crippen LogP contribution in [0.5, 0.6) is 0 Å². The highest BCUT2D eigenvalue weighted by atomic mass is 16.2. The predicted octanol–water partition coefficient (Wildman–Crippen LogP) is 2.71. The number of likely N-dealkylation sites (N-methyl/N-ethyl adjacent to an activating group) is 1. The highest BCUT2D eigenvalue weighted by molar-refractivity contribution is 6.01. The molecular weight excluding hydrogens is 534 g/mol. The molecule has 2 aliphatic carbocycles. The molecule has 5 amide bonds. The van der Waals surface area contributed by atoms with Crippen LogP contribution in [0.4, 0.5) is 10.5 Å². The number of urea groups is 1. The highest BCUT2D eigenvalue weighted by Crippen LogP contribution is 2.39. The Morgan fingerprint density at radius 1 is 1.07 bits per heavy atom. The van der Waals surface area contributed by atoms with Gasteiger partial charge in [0.2, 0.25) is 11.8 Å². The molecule has 1 saturated heterocycles. The molecule has 11 heteroatoms. The van der Waals surface area contributed by atoms with Crippen LogP contribution < -0.4 is 16.0 Å². The lowest BCUT2D eigenvalue weighted by Gasteiger charge is -2.38. The third-order valence-corrected chi connectivity index (χ3v) is 9.24. The van der Waals surface area contributed by atoms with Crippen molar-refractivity contribution in [2.45, 2.75) is 76.4 Å². The summed E-state index contributed by atoms with van der Waals surface area (Å²) in [5.41, 5.74) is 1.89. The van der Waals surface area contributed by atoms with Gasteiger partial charge in [0.1, 0.15) is 17.3 Å². The fraction of sp³-hybridized carbons (Fsp3) is 0.581. The normalized spacial score (nSPS) is 23.0. The number of hydrogen-bond acceptors (Lipinski definition) is 5. The molecule has 1 aromatic carbocycles. The Labute approximate surface area is 247 Å². The monoisotopic (exact) mass is 577 g/mol. The van der Waals surface area contributed by atoms with Gasteiger partial charge in [-0.15, -0.1) is 0 Å². The van der Waals surface area contributed by atoms with E-state index in [1.165, 1.54) is 4.68 Å². The number of carbonyl (C=O) groups is 4. The summed E-state index contributed by atoms with van der Waals surface area (Å²) in [5, 5.41) is 13.2. The molecule has 3 aliphatic rings. The SMILES string of the molecule is CC(C)[C@@H]1CN(C2(C(=O)N(C)C)Cc3ccc(NC(=O)[C@@H](NC(=O)c4ccnn4C)C4CCCCC4)cc3C2)C(=O)N1. The Morgan fingerprint density at radius 2 is 1.79 bits per heavy atom. The summed E-state index contributed by atoms with van der Waals surface area (Å²) in [5.74, 6) is -0.418. The van der Waals surface area contributed by atoms with Gasteiger partial charge >= 0.3 is 6.03 Å². The second kappa shape index (κ2) is 11.8. The van der Waals surface area contributed by atoms with Crippen molar-refractivity contribution in [2.24, 2.45) is 18.9 Å². The standard InChI is InChI=1S/C31H43N7O4/c1-19(2)24-18-38(30(42)34-24)31(29(41)36(3)4)16-21-11-12-23(15-22(21)17-31)33-28(40)26(20-9-7-6-8-10-20)35-27(39)25-13-14-32-37(25)5/h11-15,19-20,24,26H,6-10,16-18H2,1-5H3,(H,33,40)(H,34,42)(H,35,39)/t24-,26-,31?/m0/s1. The van der Waals surface area contributed by atoms with Crippen LogP contribution in [-0.2, 0) is 29.5 Å². The van der Waals surface area contributed by atoms with Crippen LogP contribution in [0.3, 0.4) is 0 Å². The average molecular weight is 578 g/mol. The van der Waals surface area contributed by atoms with Crippen molar-refractivity contribution in [3.63, 3.8) is 0 Å². The molecule has 226 valence electrons. The molecule has 0 spiro atoms. The molecule has 1 unspecified atom stereocenters. The van der Waals surface area contributed by atoms with Gasteiger partial charge in [-0.2, -0.15) is 5.10 Å². The first-order chi connectivity index (χ1) is 20.0. The van der Waals surface area contributed by atoms with Crippen LogP contribution >= 0.6 is 0 Å². The first-order valence-electron chi connectivity index (χ1n) is 15.0. The van der Waals surface area contributed by atoms with E-state index in [-0.39, 0.29) is 41.6 Å². The van der Waals surface area contributed by atoms with E-state index in [1.807, 2.05) is 18.2 Å². The Hall–Kier alpha value is -3.89. The van der Waals surface area contributed by atoms with Crippen molar-refractivity contribution in [3.8, 4) is 0 Å². The van der Waals surface area contributed by atoms with Gasteiger partial charge in [0.25, 0.3) is 5.91 Å². The van der Waals surface area contributed by atoms with Crippen molar-refractivity contribution >= 4 is 29.4 Å². The maximum absolute atomic E-state index is 13.7. The smallest absolute Gasteiger partial charge is 0.318 e. The van der Waals surface area contributed by atoms with Crippen molar-refractivity contribution in [3.05, 3.63) is 47.3 Å². The van der Waals surface area contributed by atoms with Gasteiger partial charge < -0.3 is 25.8 Å². The lowest BCUT2D eigenvalue weighted by molar-refractivity contribution is -0.139. The van der Waals surface area contributed by atoms with Crippen LogP contribution in [0, 0.1) is 11.8 Å². The van der Waals surface area contributed by atoms with E-state index in [2.05, 4.69) is 34.9 Å². The number of nitrogens with zero attached hydrogens (tertiary/aromatic N) is 4. The maximum atomic E-state index is 13.7. The zero-order chi connectivity index (χ0) is 30.2. The molecular formula is C31H43N7O4. The molecule has 42 heavy (non-hydrogen) atoms. The first kappa shape index (κ1) is 29.6. The highest BCUT2D eigenvalue weighted by Gasteiger charge is 2.54. The molecule has 1 aliphatic heterocycles. The molecule has 2 aromatic rings. The minimum Gasteiger partial charge on any atom is -0.347 e. The summed E-state index contributed by atoms with van der Waals surface area (Å²) in [6.07, 6.45) is 7.27. The summed E-state index contributed by atoms with van der Waals surface area (Å²) in [6, 6.07) is 6.40. The third-order valence-electron chi connectivity index (χ3n) is 9.24. The van der Waals surface area contributed by atoms with Gasteiger partial charge in [-0.3, -0.25) is 19.1 Å². The van der Waals surface area contributed by atoms with Crippen LogP contribution in [0.2, 0.25) is 0 Å². The number of amides is 5. The van der Waals surface area contributed by atoms with Crippen molar-refractivity contribution in [1.29, 1.82) is 0 Å². The summed E-state index contributed by atoms with van der Waals surface area (Å²) in [4.78, 5) is 56.9. The third kappa shape index (κ3) is 5.61. The maximum Gasteiger partial charge on any atom is 0.318 e. The van der Waals surface area contributed by atoms with Gasteiger partial charge in [-0.05, 0) is 54.0 Å². The topological polar surface area (TPSA) is 129 Å². The quantitative estimate of drug-likeness (QED) is 0.445. The number of nitrogens with one attached hydrogen (secondary N) is 3. The van der Waals surface area contributed by atoms with E-state index in [4.69, 9.17) is 0 Å². The predicted molar refractivity (Wildman–Crippen MR) is 159 cm³/mol. The lowest BCUT2D eigenvalue weighted by Crippen LogP contribution is -2.60. The minimum absolute atomic E-state index is 0.0267. The molecule has 2 heterocycles. The molecule has 1 aromatic heterocycles. The minimum atomic E-state index is -1.02. The summed E-state index contributed by atoms with van der Waals surface area (Å²) in [7, 11) is 5.14. The van der Waals surface area contributed by atoms with Crippen LogP contribution in [0.25, 0.3) is 0 Å². The van der Waals surface area contributed by atoms with Crippen molar-refractivity contribution < 1.29 is 19.2 Å². The zero-order valence-electron chi connectivity index (χ0n) is 25.3. The van der Waals surface area contributed by atoms with Crippen molar-refractivity contribution in [1.82, 2.24) is 30.2 Å². The van der Waals surface area contributed by atoms with Gasteiger partial charge in [0.15, 0.2) is 0 Å². The van der Waals surface area contributed by atoms with Crippen molar-refractivity contribution in [2.75, 3.05) is 26.0 Å². The fourth-order valence-electron chi connectivity index (χ4n) is 6.81. The van der Waals surface area contributed by atoms with E-state index in [1.54, 1.807) is 43.2 Å². The first-order valence-corrected chi connectivity index (χ1v) is 15.0.